The second-order valence-corrected chi connectivity index (χ2v) is 4.62. The van der Waals surface area contributed by atoms with Crippen molar-refractivity contribution in [1.82, 2.24) is 9.55 Å². The number of anilines is 1. The predicted molar refractivity (Wildman–Crippen MR) is 61.2 cm³/mol. The van der Waals surface area contributed by atoms with Gasteiger partial charge in [-0.1, -0.05) is 0 Å². The van der Waals surface area contributed by atoms with Gasteiger partial charge in [-0.05, 0) is 6.07 Å². The Labute approximate surface area is 96.4 Å². The molecule has 2 heterocycles. The third-order valence-corrected chi connectivity index (χ3v) is 3.55. The van der Waals surface area contributed by atoms with E-state index in [0.717, 1.165) is 5.75 Å². The van der Waals surface area contributed by atoms with Gasteiger partial charge in [0.2, 0.25) is 0 Å². The van der Waals surface area contributed by atoms with E-state index < -0.39 is 11.4 Å². The third kappa shape index (κ3) is 1.93. The second-order valence-electron chi connectivity index (χ2n) is 3.51. The van der Waals surface area contributed by atoms with Crippen molar-refractivity contribution in [2.45, 2.75) is 5.72 Å². The summed E-state index contributed by atoms with van der Waals surface area (Å²) in [6.07, 6.45) is 1.51. The van der Waals surface area contributed by atoms with Crippen molar-refractivity contribution in [3.8, 4) is 0 Å². The van der Waals surface area contributed by atoms with Crippen molar-refractivity contribution in [2.24, 2.45) is 0 Å². The van der Waals surface area contributed by atoms with Crippen molar-refractivity contribution in [3.63, 3.8) is 0 Å². The van der Waals surface area contributed by atoms with Gasteiger partial charge in [-0.25, -0.2) is 4.79 Å². The quantitative estimate of drug-likeness (QED) is 0.709. The maximum absolute atomic E-state index is 11.7. The number of hydrogen-bond donors (Lipinski definition) is 2. The monoisotopic (exact) mass is 243 g/mol. The summed E-state index contributed by atoms with van der Waals surface area (Å²) >= 11 is 1.63. The average molecular weight is 243 g/mol. The van der Waals surface area contributed by atoms with Crippen molar-refractivity contribution in [2.75, 3.05) is 30.5 Å². The summed E-state index contributed by atoms with van der Waals surface area (Å²) in [6, 6.07) is 1.52. The average Bonchev–Trinajstić information content (AvgIpc) is 2.30. The fourth-order valence-corrected chi connectivity index (χ4v) is 2.58. The first-order chi connectivity index (χ1) is 7.68. The van der Waals surface area contributed by atoms with Crippen LogP contribution < -0.4 is 11.4 Å². The standard InChI is InChI=1S/C9H13N3O3S/c10-7-1-2-12(8(14)11-7)9(5-13)6-16-4-3-15-9/h1-2,13H,3-6H2,(H2,10,11,14)/t9-/m0/s1. The third-order valence-electron chi connectivity index (χ3n) is 2.44. The highest BCUT2D eigenvalue weighted by Gasteiger charge is 2.36. The minimum atomic E-state index is -0.999. The van der Waals surface area contributed by atoms with Gasteiger partial charge in [0.15, 0.2) is 5.72 Å². The highest BCUT2D eigenvalue weighted by Crippen LogP contribution is 2.26. The summed E-state index contributed by atoms with van der Waals surface area (Å²) in [5.41, 5.74) is 3.91. The second kappa shape index (κ2) is 4.44. The Bertz CT molecular complexity index is 428. The molecule has 0 amide bonds. The lowest BCUT2D eigenvalue weighted by molar-refractivity contribution is -0.122. The lowest BCUT2D eigenvalue weighted by Crippen LogP contribution is -2.51. The molecule has 0 aliphatic carbocycles. The maximum atomic E-state index is 11.7. The molecule has 1 aliphatic rings. The molecule has 88 valence electrons. The molecule has 1 saturated heterocycles. The van der Waals surface area contributed by atoms with E-state index in [2.05, 4.69) is 4.98 Å². The Hall–Kier alpha value is -1.05. The molecule has 6 nitrogen and oxygen atoms in total. The first-order valence-corrected chi connectivity index (χ1v) is 6.02. The Morgan fingerprint density at radius 3 is 3.12 bits per heavy atom. The number of aliphatic hydroxyl groups excluding tert-OH is 1. The van der Waals surface area contributed by atoms with Gasteiger partial charge in [0, 0.05) is 17.7 Å². The van der Waals surface area contributed by atoms with E-state index in [1.54, 1.807) is 11.8 Å². The van der Waals surface area contributed by atoms with Crippen LogP contribution in [0.3, 0.4) is 0 Å². The van der Waals surface area contributed by atoms with Gasteiger partial charge in [0.05, 0.1) is 13.2 Å². The zero-order chi connectivity index (χ0) is 11.6. The van der Waals surface area contributed by atoms with Gasteiger partial charge in [-0.3, -0.25) is 4.57 Å². The molecule has 1 fully saturated rings. The molecule has 0 radical (unpaired) electrons. The van der Waals surface area contributed by atoms with E-state index >= 15 is 0 Å². The summed E-state index contributed by atoms with van der Waals surface area (Å²) < 4.78 is 6.83. The van der Waals surface area contributed by atoms with Crippen molar-refractivity contribution < 1.29 is 9.84 Å². The van der Waals surface area contributed by atoms with Gasteiger partial charge in [-0.15, -0.1) is 0 Å². The molecule has 1 aliphatic heterocycles. The Morgan fingerprint density at radius 1 is 1.75 bits per heavy atom. The zero-order valence-corrected chi connectivity index (χ0v) is 9.44. The zero-order valence-electron chi connectivity index (χ0n) is 8.63. The van der Waals surface area contributed by atoms with Crippen LogP contribution in [0.1, 0.15) is 0 Å². The minimum Gasteiger partial charge on any atom is -0.391 e. The van der Waals surface area contributed by atoms with Crippen LogP contribution in [0.2, 0.25) is 0 Å². The van der Waals surface area contributed by atoms with Crippen LogP contribution in [-0.4, -0.2) is 39.4 Å². The lowest BCUT2D eigenvalue weighted by atomic mass is 10.2. The van der Waals surface area contributed by atoms with E-state index in [4.69, 9.17) is 10.5 Å². The van der Waals surface area contributed by atoms with Crippen LogP contribution in [0.5, 0.6) is 0 Å². The van der Waals surface area contributed by atoms with Gasteiger partial charge < -0.3 is 15.6 Å². The van der Waals surface area contributed by atoms with E-state index in [1.807, 2.05) is 0 Å². The molecule has 1 atom stereocenters. The molecule has 3 N–H and O–H groups in total. The fraction of sp³-hybridized carbons (Fsp3) is 0.556. The molecule has 0 unspecified atom stereocenters. The van der Waals surface area contributed by atoms with E-state index in [-0.39, 0.29) is 12.4 Å². The van der Waals surface area contributed by atoms with Crippen LogP contribution in [0.25, 0.3) is 0 Å². The van der Waals surface area contributed by atoms with Crippen molar-refractivity contribution in [1.29, 1.82) is 0 Å². The number of nitrogens with two attached hydrogens (primary N) is 1. The molecule has 0 saturated carbocycles. The Morgan fingerprint density at radius 2 is 2.56 bits per heavy atom. The number of aromatic nitrogens is 2. The smallest absolute Gasteiger partial charge is 0.351 e. The highest BCUT2D eigenvalue weighted by molar-refractivity contribution is 7.99. The number of nitrogen functional groups attached to an aromatic ring is 1. The SMILES string of the molecule is Nc1ccn([C@]2(CO)CSCCO2)c(=O)n1. The fourth-order valence-electron chi connectivity index (χ4n) is 1.60. The molecule has 16 heavy (non-hydrogen) atoms. The number of aliphatic hydroxyl groups is 1. The van der Waals surface area contributed by atoms with Crippen molar-refractivity contribution >= 4 is 17.6 Å². The first kappa shape index (κ1) is 11.4. The number of nitrogens with zero attached hydrogens (tertiary/aromatic N) is 2. The van der Waals surface area contributed by atoms with Crippen molar-refractivity contribution in [3.05, 3.63) is 22.7 Å². The van der Waals surface area contributed by atoms with E-state index in [0.29, 0.717) is 12.4 Å². The van der Waals surface area contributed by atoms with Crippen LogP contribution in [0.15, 0.2) is 17.1 Å². The summed E-state index contributed by atoms with van der Waals surface area (Å²) in [7, 11) is 0. The van der Waals surface area contributed by atoms with Crippen LogP contribution in [0, 0.1) is 0 Å². The van der Waals surface area contributed by atoms with E-state index in [9.17, 15) is 9.90 Å². The summed E-state index contributed by atoms with van der Waals surface area (Å²) in [4.78, 5) is 15.3. The van der Waals surface area contributed by atoms with Crippen LogP contribution >= 0.6 is 11.8 Å². The largest absolute Gasteiger partial charge is 0.391 e. The number of hydrogen-bond acceptors (Lipinski definition) is 6. The molecule has 7 heteroatoms. The van der Waals surface area contributed by atoms with E-state index in [1.165, 1.54) is 16.8 Å². The summed E-state index contributed by atoms with van der Waals surface area (Å²) in [5, 5.41) is 9.43. The number of thioether (sulfide) groups is 1. The molecule has 0 spiro atoms. The minimum absolute atomic E-state index is 0.165. The topological polar surface area (TPSA) is 90.4 Å². The molecule has 0 bridgehead atoms. The highest BCUT2D eigenvalue weighted by atomic mass is 32.2. The first-order valence-electron chi connectivity index (χ1n) is 4.86. The molecule has 0 aromatic carbocycles. The molecule has 1 aromatic heterocycles. The lowest BCUT2D eigenvalue weighted by Gasteiger charge is -2.36. The van der Waals surface area contributed by atoms with Gasteiger partial charge in [0.1, 0.15) is 5.82 Å². The molecular formula is C9H13N3O3S. The van der Waals surface area contributed by atoms with Gasteiger partial charge >= 0.3 is 5.69 Å². The Balaban J connectivity index is 2.43. The molecule has 2 rings (SSSR count). The molecular weight excluding hydrogens is 230 g/mol. The summed E-state index contributed by atoms with van der Waals surface area (Å²) in [5.74, 6) is 1.55. The number of ether oxygens (including phenoxy) is 1. The van der Waals surface area contributed by atoms with Crippen LogP contribution in [-0.2, 0) is 10.5 Å². The predicted octanol–water partition coefficient (Wildman–Crippen LogP) is -0.766. The maximum Gasteiger partial charge on any atom is 0.351 e. The normalized spacial score (nSPS) is 25.6. The number of rotatable bonds is 2. The molecule has 1 aromatic rings. The summed E-state index contributed by atoms with van der Waals surface area (Å²) in [6.45, 7) is 0.244. The Kier molecular flexibility index (Phi) is 3.17. The van der Waals surface area contributed by atoms with Crippen LogP contribution in [0.4, 0.5) is 5.82 Å². The van der Waals surface area contributed by atoms with Gasteiger partial charge in [0.25, 0.3) is 0 Å². The van der Waals surface area contributed by atoms with Gasteiger partial charge in [-0.2, -0.15) is 16.7 Å².